The predicted molar refractivity (Wildman–Crippen MR) is 90.2 cm³/mol. The van der Waals surface area contributed by atoms with E-state index in [1.807, 2.05) is 31.4 Å². The second-order valence-electron chi connectivity index (χ2n) is 6.09. The van der Waals surface area contributed by atoms with Gasteiger partial charge in [-0.2, -0.15) is 0 Å². The standard InChI is InChI=1S/C17H25N5/c1-14-7-11-21(12-8-14)17(18-2)19-9-6-15-13-22-10-4-3-5-16(22)20-15/h3-5,10,13-14H,6-9,11-12H2,1-2H3,(H,18,19). The summed E-state index contributed by atoms with van der Waals surface area (Å²) in [6, 6.07) is 6.07. The highest BCUT2D eigenvalue weighted by atomic mass is 15.3. The van der Waals surface area contributed by atoms with Gasteiger partial charge in [0.05, 0.1) is 5.69 Å². The first-order valence-electron chi connectivity index (χ1n) is 8.14. The van der Waals surface area contributed by atoms with E-state index in [9.17, 15) is 0 Å². The molecular weight excluding hydrogens is 274 g/mol. The molecule has 2 aromatic heterocycles. The Morgan fingerprint density at radius 2 is 2.18 bits per heavy atom. The van der Waals surface area contributed by atoms with E-state index in [-0.39, 0.29) is 0 Å². The van der Waals surface area contributed by atoms with E-state index in [0.717, 1.165) is 49.3 Å². The fraction of sp³-hybridized carbons (Fsp3) is 0.529. The van der Waals surface area contributed by atoms with Gasteiger partial charge < -0.3 is 14.6 Å². The van der Waals surface area contributed by atoms with Crippen LogP contribution in [-0.2, 0) is 6.42 Å². The van der Waals surface area contributed by atoms with Crippen LogP contribution >= 0.6 is 0 Å². The van der Waals surface area contributed by atoms with Gasteiger partial charge in [0, 0.05) is 45.5 Å². The molecular formula is C17H25N5. The van der Waals surface area contributed by atoms with E-state index < -0.39 is 0 Å². The number of fused-ring (bicyclic) bond motifs is 1. The highest BCUT2D eigenvalue weighted by Gasteiger charge is 2.18. The van der Waals surface area contributed by atoms with E-state index in [4.69, 9.17) is 0 Å². The molecule has 0 amide bonds. The average molecular weight is 299 g/mol. The summed E-state index contributed by atoms with van der Waals surface area (Å²) in [6.07, 6.45) is 7.56. The first-order chi connectivity index (χ1) is 10.8. The number of nitrogens with zero attached hydrogens (tertiary/aromatic N) is 4. The second-order valence-corrected chi connectivity index (χ2v) is 6.09. The molecule has 1 fully saturated rings. The zero-order valence-electron chi connectivity index (χ0n) is 13.5. The highest BCUT2D eigenvalue weighted by Crippen LogP contribution is 2.15. The Balaban J connectivity index is 1.53. The molecule has 1 aliphatic rings. The summed E-state index contributed by atoms with van der Waals surface area (Å²) in [7, 11) is 1.87. The number of rotatable bonds is 3. The maximum Gasteiger partial charge on any atom is 0.193 e. The van der Waals surface area contributed by atoms with Gasteiger partial charge in [0.15, 0.2) is 5.96 Å². The van der Waals surface area contributed by atoms with Crippen molar-refractivity contribution in [2.45, 2.75) is 26.2 Å². The van der Waals surface area contributed by atoms with Crippen LogP contribution in [0, 0.1) is 5.92 Å². The van der Waals surface area contributed by atoms with Gasteiger partial charge >= 0.3 is 0 Å². The highest BCUT2D eigenvalue weighted by molar-refractivity contribution is 5.79. The zero-order valence-corrected chi connectivity index (χ0v) is 13.5. The lowest BCUT2D eigenvalue weighted by Crippen LogP contribution is -2.45. The molecule has 3 rings (SSSR count). The van der Waals surface area contributed by atoms with Gasteiger partial charge in [0.25, 0.3) is 0 Å². The van der Waals surface area contributed by atoms with Crippen LogP contribution in [-0.4, -0.2) is 46.9 Å². The normalized spacial score (nSPS) is 17.2. The fourth-order valence-corrected chi connectivity index (χ4v) is 2.96. The van der Waals surface area contributed by atoms with E-state index in [1.54, 1.807) is 0 Å². The van der Waals surface area contributed by atoms with Gasteiger partial charge in [-0.15, -0.1) is 0 Å². The monoisotopic (exact) mass is 299 g/mol. The van der Waals surface area contributed by atoms with Crippen LogP contribution < -0.4 is 5.32 Å². The van der Waals surface area contributed by atoms with E-state index >= 15 is 0 Å². The molecule has 1 aliphatic heterocycles. The topological polar surface area (TPSA) is 44.9 Å². The molecule has 0 saturated carbocycles. The molecule has 0 atom stereocenters. The zero-order chi connectivity index (χ0) is 15.4. The number of nitrogens with one attached hydrogen (secondary N) is 1. The summed E-state index contributed by atoms with van der Waals surface area (Å²) >= 11 is 0. The number of guanidine groups is 1. The number of imidazole rings is 1. The Labute approximate surface area is 132 Å². The number of piperidine rings is 1. The van der Waals surface area contributed by atoms with Crippen molar-refractivity contribution < 1.29 is 0 Å². The molecule has 1 N–H and O–H groups in total. The minimum atomic E-state index is 0.840. The van der Waals surface area contributed by atoms with Crippen LogP contribution in [0.1, 0.15) is 25.5 Å². The van der Waals surface area contributed by atoms with Crippen molar-refractivity contribution >= 4 is 11.6 Å². The van der Waals surface area contributed by atoms with E-state index in [2.05, 4.69) is 37.7 Å². The SMILES string of the molecule is CN=C(NCCc1cn2ccccc2n1)N1CCC(C)CC1. The van der Waals surface area contributed by atoms with Crippen LogP contribution in [0.25, 0.3) is 5.65 Å². The van der Waals surface area contributed by atoms with Crippen LogP contribution in [0.5, 0.6) is 0 Å². The Morgan fingerprint density at radius 3 is 2.91 bits per heavy atom. The van der Waals surface area contributed by atoms with Crippen molar-refractivity contribution in [1.29, 1.82) is 0 Å². The molecule has 0 bridgehead atoms. The third-order valence-corrected chi connectivity index (χ3v) is 4.37. The molecule has 2 aromatic rings. The molecule has 118 valence electrons. The molecule has 22 heavy (non-hydrogen) atoms. The third-order valence-electron chi connectivity index (χ3n) is 4.37. The van der Waals surface area contributed by atoms with E-state index in [0.29, 0.717) is 0 Å². The van der Waals surface area contributed by atoms with E-state index in [1.165, 1.54) is 12.8 Å². The Hall–Kier alpha value is -2.04. The molecule has 0 spiro atoms. The van der Waals surface area contributed by atoms with Crippen molar-refractivity contribution in [3.8, 4) is 0 Å². The molecule has 0 aromatic carbocycles. The quantitative estimate of drug-likeness (QED) is 0.698. The first kappa shape index (κ1) is 14.9. The lowest BCUT2D eigenvalue weighted by Gasteiger charge is -2.32. The summed E-state index contributed by atoms with van der Waals surface area (Å²) in [5.74, 6) is 1.86. The summed E-state index contributed by atoms with van der Waals surface area (Å²) < 4.78 is 2.07. The molecule has 0 aliphatic carbocycles. The number of hydrogen-bond donors (Lipinski definition) is 1. The summed E-state index contributed by atoms with van der Waals surface area (Å²) in [4.78, 5) is 11.4. The maximum absolute atomic E-state index is 4.63. The van der Waals surface area contributed by atoms with Crippen LogP contribution in [0.2, 0.25) is 0 Å². The van der Waals surface area contributed by atoms with Crippen LogP contribution in [0.4, 0.5) is 0 Å². The van der Waals surface area contributed by atoms with Gasteiger partial charge in [-0.05, 0) is 30.9 Å². The van der Waals surface area contributed by atoms with Gasteiger partial charge in [-0.3, -0.25) is 4.99 Å². The second kappa shape index (κ2) is 6.81. The number of aliphatic imine (C=N–C) groups is 1. The van der Waals surface area contributed by atoms with Crippen molar-refractivity contribution in [2.75, 3.05) is 26.7 Å². The fourth-order valence-electron chi connectivity index (χ4n) is 2.96. The van der Waals surface area contributed by atoms with Crippen molar-refractivity contribution in [3.05, 3.63) is 36.3 Å². The molecule has 5 heteroatoms. The maximum atomic E-state index is 4.63. The Bertz CT molecular complexity index is 604. The predicted octanol–water partition coefficient (Wildman–Crippen LogP) is 2.18. The van der Waals surface area contributed by atoms with Gasteiger partial charge in [-0.25, -0.2) is 4.98 Å². The largest absolute Gasteiger partial charge is 0.356 e. The van der Waals surface area contributed by atoms with Crippen molar-refractivity contribution in [1.82, 2.24) is 19.6 Å². The Kier molecular flexibility index (Phi) is 4.61. The first-order valence-corrected chi connectivity index (χ1v) is 8.14. The lowest BCUT2D eigenvalue weighted by atomic mass is 10.00. The van der Waals surface area contributed by atoms with Crippen molar-refractivity contribution in [2.24, 2.45) is 10.9 Å². The summed E-state index contributed by atoms with van der Waals surface area (Å²) in [6.45, 7) is 5.41. The minimum absolute atomic E-state index is 0.840. The number of pyridine rings is 1. The lowest BCUT2D eigenvalue weighted by molar-refractivity contribution is 0.273. The third kappa shape index (κ3) is 3.40. The molecule has 0 radical (unpaired) electrons. The number of likely N-dealkylation sites (tertiary alicyclic amines) is 1. The summed E-state index contributed by atoms with van der Waals surface area (Å²) in [5, 5.41) is 3.47. The molecule has 1 saturated heterocycles. The molecule has 0 unspecified atom stereocenters. The Morgan fingerprint density at radius 1 is 1.36 bits per heavy atom. The number of hydrogen-bond acceptors (Lipinski definition) is 2. The molecule has 5 nitrogen and oxygen atoms in total. The number of aromatic nitrogens is 2. The van der Waals surface area contributed by atoms with Gasteiger partial charge in [0.1, 0.15) is 5.65 Å². The average Bonchev–Trinajstić information content (AvgIpc) is 2.95. The van der Waals surface area contributed by atoms with Crippen LogP contribution in [0.15, 0.2) is 35.6 Å². The molecule has 3 heterocycles. The van der Waals surface area contributed by atoms with Gasteiger partial charge in [-0.1, -0.05) is 13.0 Å². The summed E-state index contributed by atoms with van der Waals surface area (Å²) in [5.41, 5.74) is 2.12. The van der Waals surface area contributed by atoms with Crippen molar-refractivity contribution in [3.63, 3.8) is 0 Å². The minimum Gasteiger partial charge on any atom is -0.356 e. The smallest absolute Gasteiger partial charge is 0.193 e. The van der Waals surface area contributed by atoms with Gasteiger partial charge in [0.2, 0.25) is 0 Å². The van der Waals surface area contributed by atoms with Crippen LogP contribution in [0.3, 0.4) is 0 Å².